The molecule has 1 fully saturated rings. The van der Waals surface area contributed by atoms with Crippen molar-refractivity contribution in [3.05, 3.63) is 59.7 Å². The molecule has 29 heavy (non-hydrogen) atoms. The number of hydrogen-bond donors (Lipinski definition) is 1. The number of nitrogens with zero attached hydrogens (tertiary/aromatic N) is 1. The fourth-order valence-corrected chi connectivity index (χ4v) is 3.91. The van der Waals surface area contributed by atoms with Gasteiger partial charge in [-0.15, -0.1) is 24.8 Å². The number of piperazine rings is 1. The zero-order valence-corrected chi connectivity index (χ0v) is 19.4. The first-order valence-electron chi connectivity index (χ1n) is 9.78. The molecule has 0 aromatic heterocycles. The third kappa shape index (κ3) is 6.78. The molecule has 6 heteroatoms. The molecular formula is C23H34Cl2N2O2. The van der Waals surface area contributed by atoms with Gasteiger partial charge in [-0.1, -0.05) is 57.2 Å². The molecule has 1 atom stereocenters. The van der Waals surface area contributed by atoms with Crippen LogP contribution in [0.2, 0.25) is 0 Å². The van der Waals surface area contributed by atoms with E-state index in [1.165, 1.54) is 5.56 Å². The molecule has 0 bridgehead atoms. The van der Waals surface area contributed by atoms with Crippen LogP contribution in [0.1, 0.15) is 37.9 Å². The van der Waals surface area contributed by atoms with E-state index in [1.54, 1.807) is 7.11 Å². The Hall–Kier alpha value is -1.46. The molecule has 0 amide bonds. The van der Waals surface area contributed by atoms with Gasteiger partial charge in [-0.25, -0.2) is 0 Å². The minimum absolute atomic E-state index is 0. The summed E-state index contributed by atoms with van der Waals surface area (Å²) in [5, 5.41) is 3.45. The molecule has 0 spiro atoms. The molecule has 1 heterocycles. The van der Waals surface area contributed by atoms with Gasteiger partial charge in [0, 0.05) is 32.2 Å². The average molecular weight is 441 g/mol. The van der Waals surface area contributed by atoms with Crippen LogP contribution < -0.4 is 14.8 Å². The van der Waals surface area contributed by atoms with Crippen molar-refractivity contribution >= 4 is 24.8 Å². The van der Waals surface area contributed by atoms with Crippen LogP contribution >= 0.6 is 24.8 Å². The van der Waals surface area contributed by atoms with Crippen LogP contribution in [0.5, 0.6) is 11.5 Å². The Kier molecular flexibility index (Phi) is 10.3. The summed E-state index contributed by atoms with van der Waals surface area (Å²) in [7, 11) is 1.70. The van der Waals surface area contributed by atoms with Crippen molar-refractivity contribution in [2.24, 2.45) is 5.41 Å². The van der Waals surface area contributed by atoms with Gasteiger partial charge in [-0.05, 0) is 28.7 Å². The van der Waals surface area contributed by atoms with Crippen molar-refractivity contribution in [2.75, 3.05) is 33.3 Å². The van der Waals surface area contributed by atoms with E-state index in [4.69, 9.17) is 9.47 Å². The molecule has 4 nitrogen and oxygen atoms in total. The molecule has 0 saturated carbocycles. The second kappa shape index (κ2) is 11.7. The quantitative estimate of drug-likeness (QED) is 0.676. The predicted octanol–water partition coefficient (Wildman–Crippen LogP) is 5.11. The van der Waals surface area contributed by atoms with Crippen LogP contribution in [0.15, 0.2) is 48.5 Å². The summed E-state index contributed by atoms with van der Waals surface area (Å²) >= 11 is 0. The second-order valence-electron chi connectivity index (χ2n) is 8.24. The molecule has 3 rings (SSSR count). The third-order valence-corrected chi connectivity index (χ3v) is 5.08. The molecule has 2 aromatic rings. The summed E-state index contributed by atoms with van der Waals surface area (Å²) in [5.74, 6) is 1.59. The minimum Gasteiger partial charge on any atom is -0.493 e. The number of ether oxygens (including phenoxy) is 2. The molecule has 162 valence electrons. The Morgan fingerprint density at radius 1 is 0.966 bits per heavy atom. The van der Waals surface area contributed by atoms with Crippen molar-refractivity contribution in [3.63, 3.8) is 0 Å². The zero-order chi connectivity index (χ0) is 19.3. The normalized spacial score (nSPS) is 15.6. The predicted molar refractivity (Wildman–Crippen MR) is 125 cm³/mol. The highest BCUT2D eigenvalue weighted by Gasteiger charge is 2.33. The molecular weight excluding hydrogens is 407 g/mol. The van der Waals surface area contributed by atoms with Crippen LogP contribution in [0.25, 0.3) is 0 Å². The molecule has 1 N–H and O–H groups in total. The van der Waals surface area contributed by atoms with Gasteiger partial charge in [0.15, 0.2) is 11.5 Å². The van der Waals surface area contributed by atoms with Crippen LogP contribution in [-0.2, 0) is 6.61 Å². The maximum atomic E-state index is 6.15. The maximum Gasteiger partial charge on any atom is 0.161 e. The van der Waals surface area contributed by atoms with Gasteiger partial charge in [-0.2, -0.15) is 0 Å². The number of rotatable bonds is 6. The first kappa shape index (κ1) is 25.6. The van der Waals surface area contributed by atoms with Crippen molar-refractivity contribution < 1.29 is 9.47 Å². The average Bonchev–Trinajstić information content (AvgIpc) is 2.67. The number of methoxy groups -OCH3 is 1. The summed E-state index contributed by atoms with van der Waals surface area (Å²) in [5.41, 5.74) is 2.57. The Labute approximate surface area is 187 Å². The van der Waals surface area contributed by atoms with Gasteiger partial charge < -0.3 is 14.8 Å². The van der Waals surface area contributed by atoms with Gasteiger partial charge in [0.1, 0.15) is 6.61 Å². The van der Waals surface area contributed by atoms with Gasteiger partial charge in [0.05, 0.1) is 7.11 Å². The molecule has 2 aromatic carbocycles. The largest absolute Gasteiger partial charge is 0.493 e. The first-order valence-corrected chi connectivity index (χ1v) is 9.78. The smallest absolute Gasteiger partial charge is 0.161 e. The van der Waals surface area contributed by atoms with Crippen molar-refractivity contribution in [3.8, 4) is 11.5 Å². The lowest BCUT2D eigenvalue weighted by atomic mass is 9.81. The highest BCUT2D eigenvalue weighted by molar-refractivity contribution is 5.85. The zero-order valence-electron chi connectivity index (χ0n) is 17.8. The Morgan fingerprint density at radius 3 is 2.21 bits per heavy atom. The van der Waals surface area contributed by atoms with Gasteiger partial charge in [0.2, 0.25) is 0 Å². The molecule has 1 aliphatic heterocycles. The second-order valence-corrected chi connectivity index (χ2v) is 8.24. The fourth-order valence-electron chi connectivity index (χ4n) is 3.91. The summed E-state index contributed by atoms with van der Waals surface area (Å²) in [6.07, 6.45) is 0. The van der Waals surface area contributed by atoms with Crippen LogP contribution in [0.3, 0.4) is 0 Å². The van der Waals surface area contributed by atoms with Crippen LogP contribution in [0.4, 0.5) is 0 Å². The monoisotopic (exact) mass is 440 g/mol. The number of nitrogens with one attached hydrogen (secondary N) is 1. The lowest BCUT2D eigenvalue weighted by Gasteiger charge is -2.42. The topological polar surface area (TPSA) is 33.7 Å². The number of halogens is 2. The Balaban J connectivity index is 0.00000210. The highest BCUT2D eigenvalue weighted by Crippen LogP contribution is 2.41. The summed E-state index contributed by atoms with van der Waals surface area (Å²) in [4.78, 5) is 2.58. The van der Waals surface area contributed by atoms with E-state index in [0.717, 1.165) is 43.2 Å². The van der Waals surface area contributed by atoms with Gasteiger partial charge in [-0.3, -0.25) is 4.90 Å². The van der Waals surface area contributed by atoms with E-state index >= 15 is 0 Å². The maximum absolute atomic E-state index is 6.15. The van der Waals surface area contributed by atoms with Crippen molar-refractivity contribution in [2.45, 2.75) is 33.4 Å². The Bertz CT molecular complexity index is 729. The molecule has 0 unspecified atom stereocenters. The van der Waals surface area contributed by atoms with E-state index in [0.29, 0.717) is 12.6 Å². The highest BCUT2D eigenvalue weighted by atomic mass is 35.5. The molecule has 1 saturated heterocycles. The van der Waals surface area contributed by atoms with E-state index in [-0.39, 0.29) is 30.2 Å². The molecule has 1 aliphatic rings. The standard InChI is InChI=1S/C23H32N2O2.2ClH/c1-23(2,3)22(25-14-12-24-13-15-25)19-10-11-20(26-4)21(16-19)27-17-18-8-6-5-7-9-18;;/h5-11,16,22,24H,12-15,17H2,1-4H3;2*1H/t22-;;/m0../s1. The fraction of sp³-hybridized carbons (Fsp3) is 0.478. The van der Waals surface area contributed by atoms with Gasteiger partial charge >= 0.3 is 0 Å². The number of hydrogen-bond acceptors (Lipinski definition) is 4. The lowest BCUT2D eigenvalue weighted by Crippen LogP contribution is -2.48. The van der Waals surface area contributed by atoms with Crippen molar-refractivity contribution in [1.29, 1.82) is 0 Å². The van der Waals surface area contributed by atoms with E-state index in [1.807, 2.05) is 24.3 Å². The van der Waals surface area contributed by atoms with E-state index < -0.39 is 0 Å². The van der Waals surface area contributed by atoms with Crippen LogP contribution in [0, 0.1) is 5.41 Å². The SMILES string of the molecule is COc1ccc([C@H](N2CCNCC2)C(C)(C)C)cc1OCc1ccccc1.Cl.Cl. The molecule has 0 radical (unpaired) electrons. The first-order chi connectivity index (χ1) is 13.0. The minimum atomic E-state index is 0. The van der Waals surface area contributed by atoms with E-state index in [9.17, 15) is 0 Å². The third-order valence-electron chi connectivity index (χ3n) is 5.08. The summed E-state index contributed by atoms with van der Waals surface area (Å²) in [6, 6.07) is 17.0. The number of benzene rings is 2. The van der Waals surface area contributed by atoms with Crippen LogP contribution in [-0.4, -0.2) is 38.2 Å². The van der Waals surface area contributed by atoms with Crippen molar-refractivity contribution in [1.82, 2.24) is 10.2 Å². The Morgan fingerprint density at radius 2 is 1.62 bits per heavy atom. The summed E-state index contributed by atoms with van der Waals surface area (Å²) in [6.45, 7) is 11.7. The lowest BCUT2D eigenvalue weighted by molar-refractivity contribution is 0.0859. The van der Waals surface area contributed by atoms with E-state index in [2.05, 4.69) is 55.3 Å². The summed E-state index contributed by atoms with van der Waals surface area (Å²) < 4.78 is 11.7. The van der Waals surface area contributed by atoms with Gasteiger partial charge in [0.25, 0.3) is 0 Å². The molecule has 0 aliphatic carbocycles.